The van der Waals surface area contributed by atoms with Crippen LogP contribution in [0.5, 0.6) is 0 Å². The van der Waals surface area contributed by atoms with Crippen LogP contribution < -0.4 is 16.4 Å². The van der Waals surface area contributed by atoms with Gasteiger partial charge in [-0.15, -0.1) is 12.4 Å². The lowest BCUT2D eigenvalue weighted by molar-refractivity contribution is -0.126. The van der Waals surface area contributed by atoms with Crippen LogP contribution >= 0.6 is 12.4 Å². The van der Waals surface area contributed by atoms with Gasteiger partial charge in [-0.3, -0.25) is 9.59 Å². The Hall–Kier alpha value is -0.810. The molecule has 0 radical (unpaired) electrons. The SMILES string of the molecule is CNC(=O)CNC(=O)[C@@H](N)CC(C)C.Cl. The Morgan fingerprint density at radius 1 is 1.33 bits per heavy atom. The van der Waals surface area contributed by atoms with Crippen LogP contribution in [0.1, 0.15) is 20.3 Å². The van der Waals surface area contributed by atoms with E-state index in [0.717, 1.165) is 0 Å². The summed E-state index contributed by atoms with van der Waals surface area (Å²) in [6.45, 7) is 3.97. The van der Waals surface area contributed by atoms with Crippen LogP contribution in [0.2, 0.25) is 0 Å². The van der Waals surface area contributed by atoms with Gasteiger partial charge in [0.1, 0.15) is 0 Å². The van der Waals surface area contributed by atoms with Crippen LogP contribution in [0, 0.1) is 5.92 Å². The van der Waals surface area contributed by atoms with Gasteiger partial charge in [-0.25, -0.2) is 0 Å². The van der Waals surface area contributed by atoms with E-state index in [1.807, 2.05) is 13.8 Å². The normalized spacial score (nSPS) is 11.5. The molecule has 0 heterocycles. The van der Waals surface area contributed by atoms with Crippen molar-refractivity contribution in [3.63, 3.8) is 0 Å². The van der Waals surface area contributed by atoms with E-state index < -0.39 is 6.04 Å². The molecule has 0 aliphatic heterocycles. The van der Waals surface area contributed by atoms with E-state index in [1.165, 1.54) is 7.05 Å². The van der Waals surface area contributed by atoms with Gasteiger partial charge in [0.15, 0.2) is 0 Å². The molecule has 5 nitrogen and oxygen atoms in total. The van der Waals surface area contributed by atoms with Crippen LogP contribution in [0.25, 0.3) is 0 Å². The molecule has 0 aromatic rings. The van der Waals surface area contributed by atoms with Gasteiger partial charge in [0.05, 0.1) is 12.6 Å². The van der Waals surface area contributed by atoms with Crippen molar-refractivity contribution in [2.24, 2.45) is 11.7 Å². The average molecular weight is 238 g/mol. The molecule has 0 bridgehead atoms. The van der Waals surface area contributed by atoms with E-state index in [1.54, 1.807) is 0 Å². The van der Waals surface area contributed by atoms with Gasteiger partial charge in [-0.05, 0) is 12.3 Å². The quantitative estimate of drug-likeness (QED) is 0.611. The van der Waals surface area contributed by atoms with Crippen LogP contribution in [0.15, 0.2) is 0 Å². The second-order valence-corrected chi connectivity index (χ2v) is 3.63. The lowest BCUT2D eigenvalue weighted by atomic mass is 10.0. The molecule has 0 rings (SSSR count). The van der Waals surface area contributed by atoms with Gasteiger partial charge in [0, 0.05) is 7.05 Å². The zero-order valence-electron chi connectivity index (χ0n) is 9.37. The third-order valence-electron chi connectivity index (χ3n) is 1.76. The molecule has 0 saturated heterocycles. The number of carbonyl (C=O) groups is 2. The van der Waals surface area contributed by atoms with E-state index in [9.17, 15) is 9.59 Å². The Balaban J connectivity index is 0. The molecule has 15 heavy (non-hydrogen) atoms. The van der Waals surface area contributed by atoms with Crippen molar-refractivity contribution in [3.8, 4) is 0 Å². The molecule has 90 valence electrons. The Labute approximate surface area is 96.6 Å². The van der Waals surface area contributed by atoms with Gasteiger partial charge in [-0.2, -0.15) is 0 Å². The molecule has 0 fully saturated rings. The van der Waals surface area contributed by atoms with E-state index in [0.29, 0.717) is 12.3 Å². The maximum atomic E-state index is 11.3. The molecule has 2 amide bonds. The minimum Gasteiger partial charge on any atom is -0.358 e. The highest BCUT2D eigenvalue weighted by Gasteiger charge is 2.14. The summed E-state index contributed by atoms with van der Waals surface area (Å²) in [4.78, 5) is 22.1. The summed E-state index contributed by atoms with van der Waals surface area (Å²) in [5.74, 6) is -0.131. The van der Waals surface area contributed by atoms with Crippen molar-refractivity contribution in [2.45, 2.75) is 26.3 Å². The zero-order valence-corrected chi connectivity index (χ0v) is 10.2. The molecule has 0 unspecified atom stereocenters. The van der Waals surface area contributed by atoms with Crippen LogP contribution in [0.4, 0.5) is 0 Å². The first-order valence-electron chi connectivity index (χ1n) is 4.71. The average Bonchev–Trinajstić information content (AvgIpc) is 2.12. The fourth-order valence-electron chi connectivity index (χ4n) is 1.00. The molecule has 0 spiro atoms. The van der Waals surface area contributed by atoms with Crippen LogP contribution in [-0.4, -0.2) is 31.4 Å². The third kappa shape index (κ3) is 8.20. The van der Waals surface area contributed by atoms with Crippen molar-refractivity contribution in [1.29, 1.82) is 0 Å². The topological polar surface area (TPSA) is 84.2 Å². The minimum absolute atomic E-state index is 0. The fourth-order valence-corrected chi connectivity index (χ4v) is 1.00. The third-order valence-corrected chi connectivity index (χ3v) is 1.76. The molecular formula is C9H20ClN3O2. The summed E-state index contributed by atoms with van der Waals surface area (Å²) in [6.07, 6.45) is 0.625. The largest absolute Gasteiger partial charge is 0.358 e. The maximum absolute atomic E-state index is 11.3. The molecular weight excluding hydrogens is 218 g/mol. The molecule has 0 aromatic heterocycles. The molecule has 0 saturated carbocycles. The van der Waals surface area contributed by atoms with E-state index in [-0.39, 0.29) is 30.8 Å². The number of likely N-dealkylation sites (N-methyl/N-ethyl adjacent to an activating group) is 1. The van der Waals surface area contributed by atoms with Crippen molar-refractivity contribution in [1.82, 2.24) is 10.6 Å². The first-order chi connectivity index (χ1) is 6.47. The number of halogens is 1. The lowest BCUT2D eigenvalue weighted by Gasteiger charge is -2.13. The molecule has 0 aliphatic carbocycles. The number of carbonyl (C=O) groups excluding carboxylic acids is 2. The highest BCUT2D eigenvalue weighted by atomic mass is 35.5. The summed E-state index contributed by atoms with van der Waals surface area (Å²) < 4.78 is 0. The number of rotatable bonds is 5. The Bertz CT molecular complexity index is 210. The Kier molecular flexibility index (Phi) is 9.41. The minimum atomic E-state index is -0.528. The summed E-state index contributed by atoms with van der Waals surface area (Å²) in [5, 5.41) is 4.87. The first kappa shape index (κ1) is 16.6. The summed E-state index contributed by atoms with van der Waals surface area (Å²) in [7, 11) is 1.52. The number of hydrogen-bond donors (Lipinski definition) is 3. The molecule has 0 aliphatic rings. The van der Waals surface area contributed by atoms with E-state index in [4.69, 9.17) is 5.73 Å². The standard InChI is InChI=1S/C9H19N3O2.ClH/c1-6(2)4-7(10)9(14)12-5-8(13)11-3;/h6-7H,4-5,10H2,1-3H3,(H,11,13)(H,12,14);1H/t7-;/m0./s1. The van der Waals surface area contributed by atoms with Crippen LogP contribution in [0.3, 0.4) is 0 Å². The molecule has 6 heteroatoms. The van der Waals surface area contributed by atoms with Crippen LogP contribution in [-0.2, 0) is 9.59 Å². The second kappa shape index (κ2) is 8.49. The van der Waals surface area contributed by atoms with Gasteiger partial charge in [0.2, 0.25) is 11.8 Å². The first-order valence-corrected chi connectivity index (χ1v) is 4.71. The van der Waals surface area contributed by atoms with Crippen molar-refractivity contribution in [2.75, 3.05) is 13.6 Å². The highest BCUT2D eigenvalue weighted by Crippen LogP contribution is 2.01. The number of nitrogens with one attached hydrogen (secondary N) is 2. The zero-order chi connectivity index (χ0) is 11.1. The second-order valence-electron chi connectivity index (χ2n) is 3.63. The number of amides is 2. The predicted molar refractivity (Wildman–Crippen MR) is 61.8 cm³/mol. The Morgan fingerprint density at radius 3 is 2.27 bits per heavy atom. The predicted octanol–water partition coefficient (Wildman–Crippen LogP) is -0.356. The van der Waals surface area contributed by atoms with Gasteiger partial charge in [0.25, 0.3) is 0 Å². The monoisotopic (exact) mass is 237 g/mol. The van der Waals surface area contributed by atoms with Crippen molar-refractivity contribution >= 4 is 24.2 Å². The fraction of sp³-hybridized carbons (Fsp3) is 0.778. The lowest BCUT2D eigenvalue weighted by Crippen LogP contribution is -2.44. The summed E-state index contributed by atoms with van der Waals surface area (Å²) in [6, 6.07) is -0.528. The van der Waals surface area contributed by atoms with Crippen molar-refractivity contribution in [3.05, 3.63) is 0 Å². The molecule has 4 N–H and O–H groups in total. The smallest absolute Gasteiger partial charge is 0.239 e. The molecule has 0 aromatic carbocycles. The van der Waals surface area contributed by atoms with Gasteiger partial charge < -0.3 is 16.4 Å². The van der Waals surface area contributed by atoms with Crippen molar-refractivity contribution < 1.29 is 9.59 Å². The van der Waals surface area contributed by atoms with Gasteiger partial charge >= 0.3 is 0 Å². The maximum Gasteiger partial charge on any atom is 0.239 e. The summed E-state index contributed by atoms with van der Waals surface area (Å²) >= 11 is 0. The molecule has 1 atom stereocenters. The van der Waals surface area contributed by atoms with E-state index >= 15 is 0 Å². The number of hydrogen-bond acceptors (Lipinski definition) is 3. The number of nitrogens with two attached hydrogens (primary N) is 1. The Morgan fingerprint density at radius 2 is 1.87 bits per heavy atom. The van der Waals surface area contributed by atoms with E-state index in [2.05, 4.69) is 10.6 Å². The summed E-state index contributed by atoms with van der Waals surface area (Å²) in [5.41, 5.74) is 5.60. The highest BCUT2D eigenvalue weighted by molar-refractivity contribution is 5.87. The van der Waals surface area contributed by atoms with Gasteiger partial charge in [-0.1, -0.05) is 13.8 Å².